The van der Waals surface area contributed by atoms with Crippen LogP contribution < -0.4 is 0 Å². The van der Waals surface area contributed by atoms with Gasteiger partial charge >= 0.3 is 5.97 Å². The minimum Gasteiger partial charge on any atom is -0.462 e. The van der Waals surface area contributed by atoms with Crippen LogP contribution in [0.1, 0.15) is 52.0 Å². The van der Waals surface area contributed by atoms with Gasteiger partial charge in [0.25, 0.3) is 0 Å². The summed E-state index contributed by atoms with van der Waals surface area (Å²) in [5, 5.41) is 0. The number of ketones is 1. The van der Waals surface area contributed by atoms with Crippen molar-refractivity contribution in [2.75, 3.05) is 6.61 Å². The van der Waals surface area contributed by atoms with Gasteiger partial charge in [0.15, 0.2) is 5.78 Å². The van der Waals surface area contributed by atoms with E-state index in [9.17, 15) is 14.0 Å². The molecule has 0 aromatic heterocycles. The van der Waals surface area contributed by atoms with Crippen LogP contribution in [0, 0.1) is 11.7 Å². The molecule has 3 nitrogen and oxygen atoms in total. The number of unbranched alkanes of at least 4 members (excludes halogenated alkanes) is 3. The first kappa shape index (κ1) is 19.1. The van der Waals surface area contributed by atoms with E-state index < -0.39 is 5.97 Å². The van der Waals surface area contributed by atoms with Crippen LogP contribution in [0.5, 0.6) is 0 Å². The zero-order valence-electron chi connectivity index (χ0n) is 14.1. The Bertz CT molecular complexity index is 544. The van der Waals surface area contributed by atoms with Gasteiger partial charge in [0.1, 0.15) is 11.4 Å². The molecule has 1 aromatic carbocycles. The first-order valence-corrected chi connectivity index (χ1v) is 8.14. The van der Waals surface area contributed by atoms with Crippen molar-refractivity contribution in [1.29, 1.82) is 0 Å². The van der Waals surface area contributed by atoms with Gasteiger partial charge in [-0.3, -0.25) is 4.79 Å². The summed E-state index contributed by atoms with van der Waals surface area (Å²) in [5.41, 5.74) is 0.612. The zero-order valence-corrected chi connectivity index (χ0v) is 14.1. The van der Waals surface area contributed by atoms with Crippen molar-refractivity contribution in [1.82, 2.24) is 0 Å². The molecule has 1 rings (SSSR count). The maximum Gasteiger partial charge on any atom is 0.341 e. The third-order valence-electron chi connectivity index (χ3n) is 3.42. The number of ether oxygens (including phenoxy) is 1. The number of hydrogen-bond acceptors (Lipinski definition) is 3. The van der Waals surface area contributed by atoms with Crippen molar-refractivity contribution in [3.63, 3.8) is 0 Å². The Morgan fingerprint density at radius 2 is 1.78 bits per heavy atom. The van der Waals surface area contributed by atoms with Crippen LogP contribution in [0.25, 0.3) is 6.08 Å². The maximum absolute atomic E-state index is 13.0. The molecule has 0 radical (unpaired) electrons. The highest BCUT2D eigenvalue weighted by atomic mass is 19.1. The quantitative estimate of drug-likeness (QED) is 0.220. The highest BCUT2D eigenvalue weighted by molar-refractivity contribution is 6.21. The predicted molar refractivity (Wildman–Crippen MR) is 89.3 cm³/mol. The molecule has 0 saturated heterocycles. The standard InChI is InChI=1S/C19H25FO3/c1-4-5-6-7-12-23-19(22)17(18(21)14(2)3)13-15-8-10-16(20)11-9-15/h8-11,13-14H,4-7,12H2,1-3H3. The van der Waals surface area contributed by atoms with E-state index in [0.29, 0.717) is 12.2 Å². The van der Waals surface area contributed by atoms with Crippen molar-refractivity contribution < 1.29 is 18.7 Å². The van der Waals surface area contributed by atoms with Gasteiger partial charge in [-0.1, -0.05) is 52.2 Å². The molecule has 0 aliphatic rings. The smallest absolute Gasteiger partial charge is 0.341 e. The van der Waals surface area contributed by atoms with E-state index in [1.807, 2.05) is 0 Å². The van der Waals surface area contributed by atoms with E-state index in [0.717, 1.165) is 25.7 Å². The molecule has 0 N–H and O–H groups in total. The van der Waals surface area contributed by atoms with Gasteiger partial charge in [-0.05, 0) is 30.2 Å². The molecule has 1 aromatic rings. The van der Waals surface area contributed by atoms with E-state index >= 15 is 0 Å². The predicted octanol–water partition coefficient (Wildman–Crippen LogP) is 4.56. The summed E-state index contributed by atoms with van der Waals surface area (Å²) < 4.78 is 18.2. The Hall–Kier alpha value is -1.97. The van der Waals surface area contributed by atoms with Crippen molar-refractivity contribution >= 4 is 17.8 Å². The van der Waals surface area contributed by atoms with Crippen LogP contribution in [-0.2, 0) is 14.3 Å². The fourth-order valence-electron chi connectivity index (χ4n) is 2.04. The fourth-order valence-corrected chi connectivity index (χ4v) is 2.04. The van der Waals surface area contributed by atoms with Crippen LogP contribution in [-0.4, -0.2) is 18.4 Å². The molecular formula is C19H25FO3. The normalized spacial score (nSPS) is 11.6. The molecule has 0 spiro atoms. The number of hydrogen-bond donors (Lipinski definition) is 0. The molecule has 0 bridgehead atoms. The lowest BCUT2D eigenvalue weighted by Crippen LogP contribution is -2.20. The van der Waals surface area contributed by atoms with E-state index in [-0.39, 0.29) is 23.1 Å². The van der Waals surface area contributed by atoms with Crippen LogP contribution >= 0.6 is 0 Å². The lowest BCUT2D eigenvalue weighted by Gasteiger charge is -2.10. The van der Waals surface area contributed by atoms with E-state index in [2.05, 4.69) is 6.92 Å². The lowest BCUT2D eigenvalue weighted by molar-refractivity contribution is -0.140. The number of halogens is 1. The SMILES string of the molecule is CCCCCCOC(=O)C(=Cc1ccc(F)cc1)C(=O)C(C)C. The Labute approximate surface area is 137 Å². The summed E-state index contributed by atoms with van der Waals surface area (Å²) in [6, 6.07) is 5.63. The summed E-state index contributed by atoms with van der Waals surface area (Å²) in [5.74, 6) is -1.55. The maximum atomic E-state index is 13.0. The van der Waals surface area contributed by atoms with Gasteiger partial charge in [-0.25, -0.2) is 9.18 Å². The first-order valence-electron chi connectivity index (χ1n) is 8.14. The summed E-state index contributed by atoms with van der Waals surface area (Å²) in [7, 11) is 0. The molecule has 0 heterocycles. The average Bonchev–Trinajstić information content (AvgIpc) is 2.53. The highest BCUT2D eigenvalue weighted by Crippen LogP contribution is 2.15. The third-order valence-corrected chi connectivity index (χ3v) is 3.42. The van der Waals surface area contributed by atoms with Gasteiger partial charge in [-0.15, -0.1) is 0 Å². The lowest BCUT2D eigenvalue weighted by atomic mass is 9.99. The Morgan fingerprint density at radius 3 is 2.35 bits per heavy atom. The average molecular weight is 320 g/mol. The molecule has 0 unspecified atom stereocenters. The largest absolute Gasteiger partial charge is 0.462 e. The van der Waals surface area contributed by atoms with Gasteiger partial charge in [0, 0.05) is 5.92 Å². The second-order valence-corrected chi connectivity index (χ2v) is 5.83. The monoisotopic (exact) mass is 320 g/mol. The molecule has 0 fully saturated rings. The highest BCUT2D eigenvalue weighted by Gasteiger charge is 2.22. The van der Waals surface area contributed by atoms with E-state index in [1.54, 1.807) is 13.8 Å². The fraction of sp³-hybridized carbons (Fsp3) is 0.474. The Balaban J connectivity index is 2.82. The van der Waals surface area contributed by atoms with Gasteiger partial charge in [-0.2, -0.15) is 0 Å². The minimum atomic E-state index is -0.607. The number of carbonyl (C=O) groups is 2. The zero-order chi connectivity index (χ0) is 17.2. The second-order valence-electron chi connectivity index (χ2n) is 5.83. The summed E-state index contributed by atoms with van der Waals surface area (Å²) >= 11 is 0. The second kappa shape index (κ2) is 9.93. The third kappa shape index (κ3) is 6.76. The number of rotatable bonds is 9. The molecule has 0 amide bonds. The molecule has 0 aliphatic heterocycles. The summed E-state index contributed by atoms with van der Waals surface area (Å²) in [6.45, 7) is 5.88. The molecule has 0 saturated carbocycles. The molecule has 126 valence electrons. The van der Waals surface area contributed by atoms with E-state index in [1.165, 1.54) is 30.3 Å². The van der Waals surface area contributed by atoms with Crippen molar-refractivity contribution in [2.24, 2.45) is 5.92 Å². The first-order chi connectivity index (χ1) is 11.0. The summed E-state index contributed by atoms with van der Waals surface area (Å²) in [6.07, 6.45) is 5.46. The van der Waals surface area contributed by atoms with E-state index in [4.69, 9.17) is 4.74 Å². The number of carbonyl (C=O) groups excluding carboxylic acids is 2. The number of benzene rings is 1. The Morgan fingerprint density at radius 1 is 1.13 bits per heavy atom. The molecule has 0 aliphatic carbocycles. The number of Topliss-reactive ketones (excluding diaryl/α,β-unsaturated/α-hetero) is 1. The van der Waals surface area contributed by atoms with Crippen molar-refractivity contribution in [3.8, 4) is 0 Å². The number of esters is 1. The van der Waals surface area contributed by atoms with Crippen molar-refractivity contribution in [3.05, 3.63) is 41.2 Å². The molecular weight excluding hydrogens is 295 g/mol. The topological polar surface area (TPSA) is 43.4 Å². The van der Waals surface area contributed by atoms with Gasteiger partial charge < -0.3 is 4.74 Å². The van der Waals surface area contributed by atoms with Gasteiger partial charge in [0.05, 0.1) is 6.61 Å². The van der Waals surface area contributed by atoms with Crippen LogP contribution in [0.2, 0.25) is 0 Å². The van der Waals surface area contributed by atoms with Crippen molar-refractivity contribution in [2.45, 2.75) is 46.5 Å². The van der Waals surface area contributed by atoms with Crippen LogP contribution in [0.3, 0.4) is 0 Å². The van der Waals surface area contributed by atoms with Gasteiger partial charge in [0.2, 0.25) is 0 Å². The molecule has 0 atom stereocenters. The molecule has 4 heteroatoms. The minimum absolute atomic E-state index is 0.0158. The van der Waals surface area contributed by atoms with Crippen LogP contribution in [0.4, 0.5) is 4.39 Å². The molecule has 23 heavy (non-hydrogen) atoms. The Kier molecular flexibility index (Phi) is 8.23. The van der Waals surface area contributed by atoms with Crippen LogP contribution in [0.15, 0.2) is 29.8 Å². The summed E-state index contributed by atoms with van der Waals surface area (Å²) in [4.78, 5) is 24.5.